The topological polar surface area (TPSA) is 67.0 Å². The number of hydrogen-bond acceptors (Lipinski definition) is 4. The van der Waals surface area contributed by atoms with Crippen molar-refractivity contribution in [3.05, 3.63) is 52.9 Å². The van der Waals surface area contributed by atoms with Gasteiger partial charge in [0.25, 0.3) is 0 Å². The van der Waals surface area contributed by atoms with Crippen LogP contribution in [0.25, 0.3) is 0 Å². The maximum Gasteiger partial charge on any atom is 0.232 e. The Bertz CT molecular complexity index is 776. The Balaban J connectivity index is 1.56. The van der Waals surface area contributed by atoms with Gasteiger partial charge in [0, 0.05) is 38.1 Å². The average molecular weight is 378 g/mol. The summed E-state index contributed by atoms with van der Waals surface area (Å²) in [6.45, 7) is 3.53. The number of aliphatic imine (C=N–C) groups is 1. The van der Waals surface area contributed by atoms with E-state index in [1.54, 1.807) is 24.4 Å². The molecule has 0 spiro atoms. The van der Waals surface area contributed by atoms with Crippen LogP contribution in [0.3, 0.4) is 0 Å². The van der Waals surface area contributed by atoms with Gasteiger partial charge in [0.2, 0.25) is 5.88 Å². The van der Waals surface area contributed by atoms with Gasteiger partial charge in [-0.3, -0.25) is 0 Å². The summed E-state index contributed by atoms with van der Waals surface area (Å²) in [6.07, 6.45) is 1.67. The molecule has 0 unspecified atom stereocenters. The zero-order valence-electron chi connectivity index (χ0n) is 14.5. The Morgan fingerprint density at radius 2 is 1.96 bits per heavy atom. The normalized spacial score (nSPS) is 15.3. The number of rotatable bonds is 4. The molecule has 0 bridgehead atoms. The molecule has 1 aromatic carbocycles. The molecule has 1 fully saturated rings. The Hall–Kier alpha value is -2.54. The molecule has 2 heterocycles. The standard InChI is InChI=1S/C18H21ClFN5O/c1-26-17-16(19)10-13(11-22-17)12-23-18(21)25-8-6-24(7-9-25)15-4-2-14(20)3-5-15/h2-5,10-11H,6-9,12H2,1H3,(H2,21,23). The molecule has 0 amide bonds. The lowest BCUT2D eigenvalue weighted by atomic mass is 10.2. The van der Waals surface area contributed by atoms with Crippen LogP contribution in [0.5, 0.6) is 5.88 Å². The molecule has 2 N–H and O–H groups in total. The Morgan fingerprint density at radius 3 is 2.58 bits per heavy atom. The molecule has 3 rings (SSSR count). The number of nitrogens with two attached hydrogens (primary N) is 1. The van der Waals surface area contributed by atoms with Crippen LogP contribution in [-0.2, 0) is 6.54 Å². The fraction of sp³-hybridized carbons (Fsp3) is 0.333. The van der Waals surface area contributed by atoms with Gasteiger partial charge < -0.3 is 20.3 Å². The lowest BCUT2D eigenvalue weighted by Crippen LogP contribution is -2.51. The minimum atomic E-state index is -0.225. The molecular formula is C18H21ClFN5O. The molecule has 1 aromatic heterocycles. The van der Waals surface area contributed by atoms with E-state index >= 15 is 0 Å². The van der Waals surface area contributed by atoms with Gasteiger partial charge in [0.15, 0.2) is 5.96 Å². The Labute approximate surface area is 157 Å². The highest BCUT2D eigenvalue weighted by Gasteiger charge is 2.18. The first-order valence-corrected chi connectivity index (χ1v) is 8.68. The van der Waals surface area contributed by atoms with E-state index in [0.717, 1.165) is 37.4 Å². The van der Waals surface area contributed by atoms with E-state index in [1.165, 1.54) is 19.2 Å². The molecule has 6 nitrogen and oxygen atoms in total. The third-order valence-electron chi connectivity index (χ3n) is 4.28. The van der Waals surface area contributed by atoms with Crippen molar-refractivity contribution in [2.75, 3.05) is 38.2 Å². The summed E-state index contributed by atoms with van der Waals surface area (Å²) >= 11 is 6.07. The minimum Gasteiger partial charge on any atom is -0.480 e. The van der Waals surface area contributed by atoms with E-state index in [4.69, 9.17) is 22.1 Å². The van der Waals surface area contributed by atoms with Crippen LogP contribution in [0.15, 0.2) is 41.5 Å². The van der Waals surface area contributed by atoms with Crippen LogP contribution < -0.4 is 15.4 Å². The van der Waals surface area contributed by atoms with E-state index in [2.05, 4.69) is 14.9 Å². The lowest BCUT2D eigenvalue weighted by molar-refractivity contribution is 0.380. The van der Waals surface area contributed by atoms with Crippen molar-refractivity contribution in [1.29, 1.82) is 0 Å². The monoisotopic (exact) mass is 377 g/mol. The molecule has 0 saturated carbocycles. The van der Waals surface area contributed by atoms with Gasteiger partial charge in [-0.2, -0.15) is 0 Å². The highest BCUT2D eigenvalue weighted by molar-refractivity contribution is 6.31. The van der Waals surface area contributed by atoms with Gasteiger partial charge in [-0.15, -0.1) is 0 Å². The van der Waals surface area contributed by atoms with Crippen molar-refractivity contribution in [2.45, 2.75) is 6.54 Å². The molecule has 1 aliphatic heterocycles. The van der Waals surface area contributed by atoms with Gasteiger partial charge in [-0.25, -0.2) is 14.4 Å². The summed E-state index contributed by atoms with van der Waals surface area (Å²) in [5, 5.41) is 0.451. The molecule has 26 heavy (non-hydrogen) atoms. The van der Waals surface area contributed by atoms with Gasteiger partial charge in [0.05, 0.1) is 13.7 Å². The smallest absolute Gasteiger partial charge is 0.232 e. The van der Waals surface area contributed by atoms with Gasteiger partial charge >= 0.3 is 0 Å². The Kier molecular flexibility index (Phi) is 5.78. The zero-order valence-corrected chi connectivity index (χ0v) is 15.3. The summed E-state index contributed by atoms with van der Waals surface area (Å²) in [7, 11) is 1.52. The maximum absolute atomic E-state index is 13.0. The number of pyridine rings is 1. The summed E-state index contributed by atoms with van der Waals surface area (Å²) in [5.41, 5.74) is 8.00. The minimum absolute atomic E-state index is 0.225. The zero-order chi connectivity index (χ0) is 18.5. The second-order valence-electron chi connectivity index (χ2n) is 5.96. The first kappa shape index (κ1) is 18.3. The van der Waals surface area contributed by atoms with Crippen LogP contribution in [0.2, 0.25) is 5.02 Å². The number of methoxy groups -OCH3 is 1. The molecule has 0 aliphatic carbocycles. The number of halogens is 2. The molecule has 1 aliphatic rings. The second kappa shape index (κ2) is 8.23. The van der Waals surface area contributed by atoms with Crippen LogP contribution in [0.1, 0.15) is 5.56 Å². The van der Waals surface area contributed by atoms with Crippen molar-refractivity contribution in [3.8, 4) is 5.88 Å². The lowest BCUT2D eigenvalue weighted by Gasteiger charge is -2.36. The summed E-state index contributed by atoms with van der Waals surface area (Å²) in [6, 6.07) is 8.32. The third kappa shape index (κ3) is 4.35. The van der Waals surface area contributed by atoms with Gasteiger partial charge in [-0.1, -0.05) is 11.6 Å². The van der Waals surface area contributed by atoms with E-state index in [-0.39, 0.29) is 5.82 Å². The second-order valence-corrected chi connectivity index (χ2v) is 6.37. The number of guanidine groups is 1. The molecule has 1 saturated heterocycles. The number of anilines is 1. The molecule has 2 aromatic rings. The number of benzene rings is 1. The van der Waals surface area contributed by atoms with Gasteiger partial charge in [-0.05, 0) is 35.9 Å². The number of hydrogen-bond donors (Lipinski definition) is 1. The maximum atomic E-state index is 13.0. The molecule has 8 heteroatoms. The van der Waals surface area contributed by atoms with Crippen LogP contribution >= 0.6 is 11.6 Å². The van der Waals surface area contributed by atoms with Crippen molar-refractivity contribution in [3.63, 3.8) is 0 Å². The number of ether oxygens (including phenoxy) is 1. The average Bonchev–Trinajstić information content (AvgIpc) is 2.67. The number of aromatic nitrogens is 1. The fourth-order valence-corrected chi connectivity index (χ4v) is 3.09. The predicted molar refractivity (Wildman–Crippen MR) is 101 cm³/mol. The quantitative estimate of drug-likeness (QED) is 0.655. The highest BCUT2D eigenvalue weighted by Crippen LogP contribution is 2.22. The first-order valence-electron chi connectivity index (χ1n) is 8.30. The highest BCUT2D eigenvalue weighted by atomic mass is 35.5. The van der Waals surface area contributed by atoms with E-state index in [1.807, 2.05) is 4.90 Å². The number of piperazine rings is 1. The SMILES string of the molecule is COc1ncc(CN=C(N)N2CCN(c3ccc(F)cc3)CC2)cc1Cl. The largest absolute Gasteiger partial charge is 0.480 e. The summed E-state index contributed by atoms with van der Waals surface area (Å²) in [5.74, 6) is 0.664. The fourth-order valence-electron chi connectivity index (χ4n) is 2.82. The van der Waals surface area contributed by atoms with E-state index in [9.17, 15) is 4.39 Å². The summed E-state index contributed by atoms with van der Waals surface area (Å²) in [4.78, 5) is 12.8. The molecule has 0 atom stereocenters. The van der Waals surface area contributed by atoms with Gasteiger partial charge in [0.1, 0.15) is 10.8 Å². The van der Waals surface area contributed by atoms with Crippen molar-refractivity contribution < 1.29 is 9.13 Å². The molecule has 0 radical (unpaired) electrons. The van der Waals surface area contributed by atoms with Crippen molar-refractivity contribution in [2.24, 2.45) is 10.7 Å². The third-order valence-corrected chi connectivity index (χ3v) is 4.55. The molecule has 138 valence electrons. The van der Waals surface area contributed by atoms with E-state index < -0.39 is 0 Å². The Morgan fingerprint density at radius 1 is 1.27 bits per heavy atom. The molecular weight excluding hydrogens is 357 g/mol. The number of nitrogens with zero attached hydrogens (tertiary/aromatic N) is 4. The van der Waals surface area contributed by atoms with Crippen molar-refractivity contribution in [1.82, 2.24) is 9.88 Å². The predicted octanol–water partition coefficient (Wildman–Crippen LogP) is 2.52. The van der Waals surface area contributed by atoms with E-state index in [0.29, 0.717) is 23.4 Å². The first-order chi connectivity index (χ1) is 12.6. The summed E-state index contributed by atoms with van der Waals surface area (Å²) < 4.78 is 18.1. The van der Waals surface area contributed by atoms with Crippen LogP contribution in [0, 0.1) is 5.82 Å². The van der Waals surface area contributed by atoms with Crippen LogP contribution in [0.4, 0.5) is 10.1 Å². The van der Waals surface area contributed by atoms with Crippen molar-refractivity contribution >= 4 is 23.2 Å². The van der Waals surface area contributed by atoms with Crippen LogP contribution in [-0.4, -0.2) is 49.1 Å².